The average molecular weight is 287 g/mol. The molecule has 2 N–H and O–H groups in total. The fraction of sp³-hybridized carbons (Fsp3) is 0.308. The lowest BCUT2D eigenvalue weighted by atomic mass is 10.1. The number of carbonyl (C=O) groups is 1. The van der Waals surface area contributed by atoms with Gasteiger partial charge in [0.15, 0.2) is 0 Å². The molecule has 108 valence electrons. The summed E-state index contributed by atoms with van der Waals surface area (Å²) in [5, 5.41) is 10.4. The zero-order chi connectivity index (χ0) is 15.2. The van der Waals surface area contributed by atoms with Crippen molar-refractivity contribution in [3.05, 3.63) is 29.3 Å². The van der Waals surface area contributed by atoms with Gasteiger partial charge in [-0.1, -0.05) is 11.8 Å². The number of halogens is 3. The van der Waals surface area contributed by atoms with Gasteiger partial charge in [0, 0.05) is 5.56 Å². The molecule has 7 heteroatoms. The number of nitrogens with one attached hydrogen (secondary N) is 1. The molecular formula is C13H12F3NO3. The Kier molecular flexibility index (Phi) is 5.41. The van der Waals surface area contributed by atoms with Crippen molar-refractivity contribution in [3.8, 4) is 17.6 Å². The van der Waals surface area contributed by atoms with Crippen LogP contribution in [0.25, 0.3) is 0 Å². The number of rotatable bonds is 3. The normalized spacial score (nSPS) is 10.4. The molecule has 0 saturated heterocycles. The fourth-order valence-corrected chi connectivity index (χ4v) is 1.36. The van der Waals surface area contributed by atoms with Gasteiger partial charge in [0.25, 0.3) is 5.91 Å². The molecule has 0 spiro atoms. The van der Waals surface area contributed by atoms with Crippen molar-refractivity contribution >= 4 is 5.91 Å². The van der Waals surface area contributed by atoms with E-state index in [4.69, 9.17) is 9.84 Å². The van der Waals surface area contributed by atoms with Crippen LogP contribution in [0.3, 0.4) is 0 Å². The van der Waals surface area contributed by atoms with Gasteiger partial charge in [-0.15, -0.1) is 0 Å². The van der Waals surface area contributed by atoms with Crippen LogP contribution in [0.1, 0.15) is 15.9 Å². The minimum absolute atomic E-state index is 0.0253. The predicted octanol–water partition coefficient (Wildman–Crippen LogP) is 1.33. The molecular weight excluding hydrogens is 275 g/mol. The van der Waals surface area contributed by atoms with Crippen molar-refractivity contribution in [2.45, 2.75) is 6.18 Å². The number of hydrogen-bond donors (Lipinski definition) is 2. The molecule has 4 nitrogen and oxygen atoms in total. The Hall–Kier alpha value is -2.20. The second-order valence-corrected chi connectivity index (χ2v) is 3.67. The second kappa shape index (κ2) is 6.82. The van der Waals surface area contributed by atoms with Crippen LogP contribution in [-0.4, -0.2) is 37.5 Å². The van der Waals surface area contributed by atoms with E-state index in [1.54, 1.807) is 5.32 Å². The van der Waals surface area contributed by atoms with Gasteiger partial charge in [0.2, 0.25) is 0 Å². The van der Waals surface area contributed by atoms with E-state index in [0.717, 1.165) is 0 Å². The van der Waals surface area contributed by atoms with Crippen molar-refractivity contribution in [3.63, 3.8) is 0 Å². The van der Waals surface area contributed by atoms with Crippen molar-refractivity contribution in [1.29, 1.82) is 0 Å². The smallest absolute Gasteiger partial charge is 0.405 e. The molecule has 1 rings (SSSR count). The molecule has 1 aromatic rings. The van der Waals surface area contributed by atoms with E-state index < -0.39 is 18.6 Å². The molecule has 1 aromatic carbocycles. The minimum atomic E-state index is -4.47. The molecule has 0 heterocycles. The first-order valence-corrected chi connectivity index (χ1v) is 5.50. The number of aliphatic hydroxyl groups is 1. The van der Waals surface area contributed by atoms with E-state index in [0.29, 0.717) is 11.3 Å². The van der Waals surface area contributed by atoms with Crippen LogP contribution in [0.4, 0.5) is 13.2 Å². The first kappa shape index (κ1) is 15.9. The number of benzene rings is 1. The maximum Gasteiger partial charge on any atom is 0.405 e. The summed E-state index contributed by atoms with van der Waals surface area (Å²) < 4.78 is 41.0. The Morgan fingerprint density at radius 1 is 1.45 bits per heavy atom. The van der Waals surface area contributed by atoms with E-state index in [-0.39, 0.29) is 12.2 Å². The standard InChI is InChI=1S/C13H12F3NO3/c1-20-11-5-4-10(7-9(11)3-2-6-18)12(19)17-8-13(14,15)16/h4-5,7,18H,6,8H2,1H3,(H,17,19). The Morgan fingerprint density at radius 3 is 2.70 bits per heavy atom. The molecule has 0 aromatic heterocycles. The summed E-state index contributed by atoms with van der Waals surface area (Å²) in [6, 6.07) is 4.05. The zero-order valence-corrected chi connectivity index (χ0v) is 10.5. The lowest BCUT2D eigenvalue weighted by Gasteiger charge is -2.09. The van der Waals surface area contributed by atoms with Gasteiger partial charge in [-0.25, -0.2) is 0 Å². The van der Waals surface area contributed by atoms with Gasteiger partial charge in [-0.2, -0.15) is 13.2 Å². The lowest BCUT2D eigenvalue weighted by Crippen LogP contribution is -2.33. The highest BCUT2D eigenvalue weighted by molar-refractivity contribution is 5.94. The third-order valence-corrected chi connectivity index (χ3v) is 2.21. The molecule has 0 saturated carbocycles. The Balaban J connectivity index is 2.93. The summed E-state index contributed by atoms with van der Waals surface area (Å²) in [4.78, 5) is 11.6. The Bertz CT molecular complexity index is 544. The summed E-state index contributed by atoms with van der Waals surface area (Å²) in [6.07, 6.45) is -4.47. The molecule has 0 fully saturated rings. The summed E-state index contributed by atoms with van der Waals surface area (Å²) in [7, 11) is 1.39. The molecule has 0 unspecified atom stereocenters. The molecule has 0 aliphatic carbocycles. The van der Waals surface area contributed by atoms with Crippen LogP contribution in [0.5, 0.6) is 5.75 Å². The minimum Gasteiger partial charge on any atom is -0.495 e. The molecule has 1 amide bonds. The van der Waals surface area contributed by atoms with Crippen LogP contribution in [0.2, 0.25) is 0 Å². The Morgan fingerprint density at radius 2 is 2.15 bits per heavy atom. The maximum atomic E-state index is 12.0. The van der Waals surface area contributed by atoms with Crippen LogP contribution < -0.4 is 10.1 Å². The van der Waals surface area contributed by atoms with Crippen molar-refractivity contribution < 1.29 is 27.8 Å². The summed E-state index contributed by atoms with van der Waals surface area (Å²) in [5.41, 5.74) is 0.332. The first-order valence-electron chi connectivity index (χ1n) is 5.50. The lowest BCUT2D eigenvalue weighted by molar-refractivity contribution is -0.123. The topological polar surface area (TPSA) is 58.6 Å². The number of methoxy groups -OCH3 is 1. The van der Waals surface area contributed by atoms with E-state index in [1.165, 1.54) is 25.3 Å². The molecule has 20 heavy (non-hydrogen) atoms. The highest BCUT2D eigenvalue weighted by atomic mass is 19.4. The molecule has 0 radical (unpaired) electrons. The van der Waals surface area contributed by atoms with E-state index in [1.807, 2.05) is 0 Å². The molecule has 0 bridgehead atoms. The van der Waals surface area contributed by atoms with E-state index >= 15 is 0 Å². The average Bonchev–Trinajstić information content (AvgIpc) is 2.41. The van der Waals surface area contributed by atoms with Crippen molar-refractivity contribution in [1.82, 2.24) is 5.32 Å². The number of alkyl halides is 3. The number of carbonyl (C=O) groups excluding carboxylic acids is 1. The third-order valence-electron chi connectivity index (χ3n) is 2.21. The van der Waals surface area contributed by atoms with Crippen molar-refractivity contribution in [2.75, 3.05) is 20.3 Å². The highest BCUT2D eigenvalue weighted by Gasteiger charge is 2.27. The van der Waals surface area contributed by atoms with Crippen molar-refractivity contribution in [2.24, 2.45) is 0 Å². The first-order chi connectivity index (χ1) is 9.37. The number of amides is 1. The Labute approximate surface area is 113 Å². The summed E-state index contributed by atoms with van der Waals surface area (Å²) in [6.45, 7) is -1.79. The summed E-state index contributed by atoms with van der Waals surface area (Å²) in [5.74, 6) is 4.43. The number of hydrogen-bond acceptors (Lipinski definition) is 3. The van der Waals surface area contributed by atoms with Crippen LogP contribution in [0.15, 0.2) is 18.2 Å². The van der Waals surface area contributed by atoms with Gasteiger partial charge < -0.3 is 15.2 Å². The largest absolute Gasteiger partial charge is 0.495 e. The molecule has 0 aliphatic heterocycles. The van der Waals surface area contributed by atoms with Gasteiger partial charge in [0.05, 0.1) is 12.7 Å². The monoisotopic (exact) mass is 287 g/mol. The van der Waals surface area contributed by atoms with Gasteiger partial charge in [0.1, 0.15) is 18.9 Å². The second-order valence-electron chi connectivity index (χ2n) is 3.67. The fourth-order valence-electron chi connectivity index (χ4n) is 1.36. The highest BCUT2D eigenvalue weighted by Crippen LogP contribution is 2.19. The van der Waals surface area contributed by atoms with Crippen LogP contribution in [0, 0.1) is 11.8 Å². The van der Waals surface area contributed by atoms with Gasteiger partial charge in [-0.3, -0.25) is 4.79 Å². The maximum absolute atomic E-state index is 12.0. The quantitative estimate of drug-likeness (QED) is 0.825. The zero-order valence-electron chi connectivity index (χ0n) is 10.5. The van der Waals surface area contributed by atoms with Gasteiger partial charge in [-0.05, 0) is 18.2 Å². The summed E-state index contributed by atoms with van der Waals surface area (Å²) >= 11 is 0. The molecule has 0 aliphatic rings. The van der Waals surface area contributed by atoms with Gasteiger partial charge >= 0.3 is 6.18 Å². The van der Waals surface area contributed by atoms with Crippen LogP contribution in [-0.2, 0) is 0 Å². The van der Waals surface area contributed by atoms with E-state index in [2.05, 4.69) is 11.8 Å². The number of aliphatic hydroxyl groups excluding tert-OH is 1. The van der Waals surface area contributed by atoms with E-state index in [9.17, 15) is 18.0 Å². The molecule has 0 atom stereocenters. The predicted molar refractivity (Wildman–Crippen MR) is 65.3 cm³/mol. The SMILES string of the molecule is COc1ccc(C(=O)NCC(F)(F)F)cc1C#CCO. The van der Waals surface area contributed by atoms with Crippen LogP contribution >= 0.6 is 0 Å². The third kappa shape index (κ3) is 4.82. The number of ether oxygens (including phenoxy) is 1.